The maximum atomic E-state index is 11.0. The summed E-state index contributed by atoms with van der Waals surface area (Å²) in [7, 11) is 1.63. The van der Waals surface area contributed by atoms with Crippen LogP contribution in [0.5, 0.6) is 5.75 Å². The van der Waals surface area contributed by atoms with Crippen molar-refractivity contribution in [3.05, 3.63) is 52.4 Å². The maximum absolute atomic E-state index is 11.0. The molecule has 0 saturated heterocycles. The van der Waals surface area contributed by atoms with Gasteiger partial charge >= 0.3 is 0 Å². The molecule has 1 unspecified atom stereocenters. The molecule has 1 heterocycles. The monoisotopic (exact) mass is 292 g/mol. The molecule has 4 heteroatoms. The van der Waals surface area contributed by atoms with Gasteiger partial charge in [-0.1, -0.05) is 11.6 Å². The van der Waals surface area contributed by atoms with Gasteiger partial charge in [0, 0.05) is 23.4 Å². The van der Waals surface area contributed by atoms with E-state index in [1.165, 1.54) is 0 Å². The Hall–Kier alpha value is -1.45. The molecule has 1 aliphatic carbocycles. The normalized spacial score (nSPS) is 21.6. The molecule has 0 fully saturated rings. The van der Waals surface area contributed by atoms with Gasteiger partial charge in [0.2, 0.25) is 0 Å². The molecule has 1 aliphatic rings. The number of furan rings is 1. The van der Waals surface area contributed by atoms with Gasteiger partial charge < -0.3 is 14.3 Å². The highest BCUT2D eigenvalue weighted by Crippen LogP contribution is 2.40. The van der Waals surface area contributed by atoms with E-state index in [2.05, 4.69) is 0 Å². The second-order valence-electron chi connectivity index (χ2n) is 5.28. The summed E-state index contributed by atoms with van der Waals surface area (Å²) in [6.07, 6.45) is 4.64. The quantitative estimate of drug-likeness (QED) is 0.938. The molecule has 3 rings (SSSR count). The zero-order valence-electron chi connectivity index (χ0n) is 11.4. The lowest BCUT2D eigenvalue weighted by Crippen LogP contribution is -2.32. The van der Waals surface area contributed by atoms with Crippen LogP contribution in [-0.4, -0.2) is 12.2 Å². The molecule has 106 valence electrons. The van der Waals surface area contributed by atoms with E-state index in [0.29, 0.717) is 11.4 Å². The van der Waals surface area contributed by atoms with E-state index in [1.54, 1.807) is 19.4 Å². The number of aryl methyl sites for hydroxylation is 1. The van der Waals surface area contributed by atoms with Crippen LogP contribution in [0.3, 0.4) is 0 Å². The van der Waals surface area contributed by atoms with Crippen LogP contribution in [0.4, 0.5) is 0 Å². The van der Waals surface area contributed by atoms with Gasteiger partial charge in [0.1, 0.15) is 11.5 Å². The number of fused-ring (bicyclic) bond motifs is 1. The Labute approximate surface area is 123 Å². The van der Waals surface area contributed by atoms with Gasteiger partial charge in [0.25, 0.3) is 0 Å². The average Bonchev–Trinajstić information content (AvgIpc) is 2.89. The molecule has 0 amide bonds. The molecule has 0 spiro atoms. The van der Waals surface area contributed by atoms with E-state index in [-0.39, 0.29) is 0 Å². The summed E-state index contributed by atoms with van der Waals surface area (Å²) in [5.41, 5.74) is 0.903. The first-order valence-corrected chi connectivity index (χ1v) is 7.12. The van der Waals surface area contributed by atoms with Crippen molar-refractivity contribution in [3.63, 3.8) is 0 Å². The SMILES string of the molecule is COc1ccc(Cl)cc1CC1(O)CCCc2occc21. The van der Waals surface area contributed by atoms with Gasteiger partial charge in [0.15, 0.2) is 0 Å². The zero-order chi connectivity index (χ0) is 14.2. The molecule has 2 aromatic rings. The van der Waals surface area contributed by atoms with Crippen molar-refractivity contribution in [2.75, 3.05) is 7.11 Å². The minimum Gasteiger partial charge on any atom is -0.496 e. The molecule has 3 nitrogen and oxygen atoms in total. The molecule has 0 aliphatic heterocycles. The molecular formula is C16H17ClO3. The van der Waals surface area contributed by atoms with Crippen LogP contribution in [0.2, 0.25) is 5.02 Å². The second-order valence-corrected chi connectivity index (χ2v) is 5.71. The van der Waals surface area contributed by atoms with Gasteiger partial charge in [-0.15, -0.1) is 0 Å². The van der Waals surface area contributed by atoms with E-state index in [9.17, 15) is 5.11 Å². The Morgan fingerprint density at radius 2 is 2.25 bits per heavy atom. The number of rotatable bonds is 3. The first-order chi connectivity index (χ1) is 9.62. The molecular weight excluding hydrogens is 276 g/mol. The van der Waals surface area contributed by atoms with Crippen LogP contribution in [0, 0.1) is 0 Å². The number of hydrogen-bond donors (Lipinski definition) is 1. The summed E-state index contributed by atoms with van der Waals surface area (Å²) < 4.78 is 10.8. The van der Waals surface area contributed by atoms with Crippen molar-refractivity contribution >= 4 is 11.6 Å². The fraction of sp³-hybridized carbons (Fsp3) is 0.375. The van der Waals surface area contributed by atoms with Crippen LogP contribution >= 0.6 is 11.6 Å². The van der Waals surface area contributed by atoms with E-state index in [1.807, 2.05) is 18.2 Å². The first-order valence-electron chi connectivity index (χ1n) is 6.74. The van der Waals surface area contributed by atoms with Gasteiger partial charge in [-0.2, -0.15) is 0 Å². The Kier molecular flexibility index (Phi) is 3.48. The standard InChI is InChI=1S/C16H17ClO3/c1-19-14-5-4-12(17)9-11(14)10-16(18)7-2-3-15-13(16)6-8-20-15/h4-6,8-9,18H,2-3,7,10H2,1H3. The van der Waals surface area contributed by atoms with Crippen molar-refractivity contribution in [2.24, 2.45) is 0 Å². The van der Waals surface area contributed by atoms with E-state index >= 15 is 0 Å². The van der Waals surface area contributed by atoms with Gasteiger partial charge in [-0.05, 0) is 42.7 Å². The van der Waals surface area contributed by atoms with Crippen LogP contribution < -0.4 is 4.74 Å². The molecule has 1 aromatic heterocycles. The van der Waals surface area contributed by atoms with Crippen LogP contribution in [-0.2, 0) is 18.4 Å². The molecule has 20 heavy (non-hydrogen) atoms. The predicted octanol–water partition coefficient (Wildman–Crippen LogP) is 3.71. The highest BCUT2D eigenvalue weighted by Gasteiger charge is 2.37. The smallest absolute Gasteiger partial charge is 0.122 e. The molecule has 1 N–H and O–H groups in total. The lowest BCUT2D eigenvalue weighted by molar-refractivity contribution is 0.0163. The number of aliphatic hydroxyl groups is 1. The van der Waals surface area contributed by atoms with Crippen molar-refractivity contribution in [2.45, 2.75) is 31.3 Å². The van der Waals surface area contributed by atoms with Crippen LogP contribution in [0.15, 0.2) is 34.9 Å². The number of hydrogen-bond acceptors (Lipinski definition) is 3. The highest BCUT2D eigenvalue weighted by atomic mass is 35.5. The molecule has 0 radical (unpaired) electrons. The molecule has 0 saturated carbocycles. The largest absolute Gasteiger partial charge is 0.496 e. The fourth-order valence-corrected chi connectivity index (χ4v) is 3.20. The lowest BCUT2D eigenvalue weighted by Gasteiger charge is -2.32. The Morgan fingerprint density at radius 3 is 3.05 bits per heavy atom. The van der Waals surface area contributed by atoms with Crippen molar-refractivity contribution in [1.29, 1.82) is 0 Å². The van der Waals surface area contributed by atoms with Crippen LogP contribution in [0.25, 0.3) is 0 Å². The predicted molar refractivity (Wildman–Crippen MR) is 77.3 cm³/mol. The molecule has 1 atom stereocenters. The second kappa shape index (κ2) is 5.15. The summed E-state index contributed by atoms with van der Waals surface area (Å²) in [6.45, 7) is 0. The van der Waals surface area contributed by atoms with Crippen LogP contribution in [0.1, 0.15) is 29.7 Å². The Morgan fingerprint density at radius 1 is 1.40 bits per heavy atom. The zero-order valence-corrected chi connectivity index (χ0v) is 12.1. The molecule has 1 aromatic carbocycles. The Balaban J connectivity index is 1.98. The van der Waals surface area contributed by atoms with Crippen molar-refractivity contribution in [1.82, 2.24) is 0 Å². The summed E-state index contributed by atoms with van der Waals surface area (Å²) in [5.74, 6) is 1.64. The van der Waals surface area contributed by atoms with E-state index in [4.69, 9.17) is 20.8 Å². The highest BCUT2D eigenvalue weighted by molar-refractivity contribution is 6.30. The fourth-order valence-electron chi connectivity index (χ4n) is 3.01. The first kappa shape index (κ1) is 13.5. The average molecular weight is 293 g/mol. The maximum Gasteiger partial charge on any atom is 0.122 e. The van der Waals surface area contributed by atoms with Crippen molar-refractivity contribution in [3.8, 4) is 5.75 Å². The third kappa shape index (κ3) is 2.32. The third-order valence-corrected chi connectivity index (χ3v) is 4.20. The summed E-state index contributed by atoms with van der Waals surface area (Å²) >= 11 is 6.06. The molecule has 0 bridgehead atoms. The van der Waals surface area contributed by atoms with Gasteiger partial charge in [-0.25, -0.2) is 0 Å². The summed E-state index contributed by atoms with van der Waals surface area (Å²) in [4.78, 5) is 0. The third-order valence-electron chi connectivity index (χ3n) is 3.97. The lowest BCUT2D eigenvalue weighted by atomic mass is 9.79. The topological polar surface area (TPSA) is 42.6 Å². The van der Waals surface area contributed by atoms with Gasteiger partial charge in [-0.3, -0.25) is 0 Å². The van der Waals surface area contributed by atoms with Gasteiger partial charge in [0.05, 0.1) is 19.0 Å². The number of ether oxygens (including phenoxy) is 1. The number of benzene rings is 1. The van der Waals surface area contributed by atoms with Crippen molar-refractivity contribution < 1.29 is 14.3 Å². The Bertz CT molecular complexity index is 620. The number of halogens is 1. The minimum atomic E-state index is -0.904. The van der Waals surface area contributed by atoms with E-state index < -0.39 is 5.60 Å². The minimum absolute atomic E-state index is 0.475. The number of methoxy groups -OCH3 is 1. The summed E-state index contributed by atoms with van der Waals surface area (Å²) in [5, 5.41) is 11.7. The summed E-state index contributed by atoms with van der Waals surface area (Å²) in [6, 6.07) is 7.34. The van der Waals surface area contributed by atoms with E-state index in [0.717, 1.165) is 41.9 Å².